The number of oxime groups is 1. The molecule has 3 unspecified atom stereocenters. The summed E-state index contributed by atoms with van der Waals surface area (Å²) in [5.41, 5.74) is 4.42. The van der Waals surface area contributed by atoms with Crippen LogP contribution in [0, 0.1) is 0 Å². The number of benzene rings is 7. The van der Waals surface area contributed by atoms with E-state index in [4.69, 9.17) is 24.0 Å². The first kappa shape index (κ1) is 59.9. The highest BCUT2D eigenvalue weighted by molar-refractivity contribution is 8.02. The van der Waals surface area contributed by atoms with Crippen molar-refractivity contribution in [1.29, 1.82) is 0 Å². The molecule has 0 spiro atoms. The normalized spacial score (nSPS) is 15.5. The summed E-state index contributed by atoms with van der Waals surface area (Å²) < 4.78 is 18.2. The molecule has 3 amide bonds. The molecule has 2 aliphatic rings. The number of rotatable bonds is 22. The monoisotopic (exact) mass is 1200 g/mol. The number of thioether (sulfide) groups is 2. The van der Waals surface area contributed by atoms with Gasteiger partial charge in [0.2, 0.25) is 0 Å². The van der Waals surface area contributed by atoms with Crippen LogP contribution in [0.1, 0.15) is 77.6 Å². The van der Waals surface area contributed by atoms with Gasteiger partial charge < -0.3 is 35.0 Å². The van der Waals surface area contributed by atoms with Gasteiger partial charge in [0, 0.05) is 16.9 Å². The Kier molecular flexibility index (Phi) is 19.3. The molecule has 3 atom stereocenters. The van der Waals surface area contributed by atoms with Crippen LogP contribution in [-0.2, 0) is 43.8 Å². The molecule has 7 aromatic carbocycles. The Morgan fingerprint density at radius 1 is 0.686 bits per heavy atom. The van der Waals surface area contributed by atoms with E-state index in [1.54, 1.807) is 37.6 Å². The predicted molar refractivity (Wildman–Crippen MR) is 337 cm³/mol. The Hall–Kier alpha value is -9.23. The Bertz CT molecular complexity index is 3550. The lowest BCUT2D eigenvalue weighted by Crippen LogP contribution is -2.71. The molecule has 0 bridgehead atoms. The fraction of sp³-hybridized carbons (Fsp3) is 0.191. The number of anilines is 1. The van der Waals surface area contributed by atoms with Crippen molar-refractivity contribution in [1.82, 2.24) is 20.5 Å². The maximum atomic E-state index is 15.0. The average Bonchev–Trinajstić information content (AvgIpc) is 0.889. The summed E-state index contributed by atoms with van der Waals surface area (Å²) in [6.07, 6.45) is -0.768. The average molecular weight is 1200 g/mol. The molecule has 86 heavy (non-hydrogen) atoms. The number of amides is 3. The van der Waals surface area contributed by atoms with Crippen LogP contribution in [0.2, 0.25) is 0 Å². The van der Waals surface area contributed by atoms with E-state index < -0.39 is 70.7 Å². The number of hydrogen-bond donors (Lipinski definition) is 3. The number of hydrogen-bond acceptors (Lipinski definition) is 15. The quantitative estimate of drug-likeness (QED) is 0.0145. The molecule has 1 fully saturated rings. The number of esters is 2. The first-order chi connectivity index (χ1) is 41.8. The van der Waals surface area contributed by atoms with Gasteiger partial charge in [0.25, 0.3) is 11.8 Å². The zero-order valence-electron chi connectivity index (χ0n) is 47.5. The van der Waals surface area contributed by atoms with Crippen LogP contribution in [0.5, 0.6) is 0 Å². The number of ether oxygens (including phenoxy) is 3. The molecule has 3 heterocycles. The molecule has 15 nitrogen and oxygen atoms in total. The molecule has 2 aliphatic heterocycles. The number of β-lactam (4-membered cyclic amide) rings is 1. The van der Waals surface area contributed by atoms with Crippen LogP contribution >= 0.6 is 34.9 Å². The molecule has 10 rings (SSSR count). The minimum absolute atomic E-state index is 0.00953. The van der Waals surface area contributed by atoms with E-state index in [9.17, 15) is 19.2 Å². The summed E-state index contributed by atoms with van der Waals surface area (Å²) in [5.74, 6) is -2.58. The SMILES string of the molecule is CO/N=C(/C(=O)NC1C(=O)N2C(C(=O)OC(c3ccccc3)c3ccccc3)=C(/C=C/SCC(NC(=O)OC(C)(C)C)C(=O)OC(c3ccccc3)c3ccccc3)CSC12)c1csc(NC(c2ccccc2)(c2ccccc2)c2ccccc2)n1. The standard InChI is InChI=1S/C68H62N6O9S3/c1-67(2,3)83-66(79)70-54(63(77)81-58(45-26-12-5-13-27-45)46-28-14-6-15-29-46)43-84-41-40-49-42-85-62-56(61(76)74(62)57(49)64(78)82-59(47-30-16-7-17-31-47)48-32-18-8-19-33-48)71-60(75)55(73-80-4)53-44-86-65(69-53)72-68(50-34-20-9-21-35-50,51-36-22-10-23-37-51)52-38-24-11-25-39-52/h5-41,44,54,56,58-59,62H,42-43H2,1-4H3,(H,69,72)(H,70,79)(H,71,75)/b41-40+,73-55+. The fourth-order valence-electron chi connectivity index (χ4n) is 10.1. The van der Waals surface area contributed by atoms with E-state index in [-0.39, 0.29) is 28.6 Å². The third kappa shape index (κ3) is 14.0. The highest BCUT2D eigenvalue weighted by atomic mass is 32.2. The minimum Gasteiger partial charge on any atom is -0.451 e. The van der Waals surface area contributed by atoms with Crippen LogP contribution in [0.3, 0.4) is 0 Å². The van der Waals surface area contributed by atoms with Crippen LogP contribution in [0.15, 0.2) is 246 Å². The van der Waals surface area contributed by atoms with Crippen molar-refractivity contribution < 1.29 is 43.0 Å². The topological polar surface area (TPSA) is 187 Å². The fourth-order valence-corrected chi connectivity index (χ4v) is 12.9. The Labute approximate surface area is 511 Å². The highest BCUT2D eigenvalue weighted by Gasteiger charge is 2.55. The van der Waals surface area contributed by atoms with E-state index in [0.717, 1.165) is 27.8 Å². The maximum absolute atomic E-state index is 15.0. The van der Waals surface area contributed by atoms with Crippen molar-refractivity contribution in [3.8, 4) is 0 Å². The Morgan fingerprint density at radius 2 is 1.15 bits per heavy atom. The van der Waals surface area contributed by atoms with Gasteiger partial charge in [-0.1, -0.05) is 217 Å². The van der Waals surface area contributed by atoms with E-state index >= 15 is 4.79 Å². The molecule has 18 heteroatoms. The number of nitrogens with one attached hydrogen (secondary N) is 3. The molecule has 3 N–H and O–H groups in total. The van der Waals surface area contributed by atoms with Gasteiger partial charge in [0.1, 0.15) is 47.1 Å². The third-order valence-electron chi connectivity index (χ3n) is 14.0. The second-order valence-corrected chi connectivity index (χ2v) is 23.9. The molecule has 8 aromatic rings. The predicted octanol–water partition coefficient (Wildman–Crippen LogP) is 12.4. The molecule has 436 valence electrons. The van der Waals surface area contributed by atoms with Crippen LogP contribution < -0.4 is 16.0 Å². The van der Waals surface area contributed by atoms with Gasteiger partial charge in [0.05, 0.1) is 0 Å². The molecular weight excluding hydrogens is 1140 g/mol. The van der Waals surface area contributed by atoms with Gasteiger partial charge in [-0.25, -0.2) is 19.4 Å². The minimum atomic E-state index is -1.19. The van der Waals surface area contributed by atoms with Gasteiger partial charge in [-0.2, -0.15) is 0 Å². The number of aromatic nitrogens is 1. The lowest BCUT2D eigenvalue weighted by Gasteiger charge is -2.49. The smallest absolute Gasteiger partial charge is 0.408 e. The van der Waals surface area contributed by atoms with Gasteiger partial charge in [0.15, 0.2) is 23.1 Å². The summed E-state index contributed by atoms with van der Waals surface area (Å²) in [4.78, 5) is 83.3. The van der Waals surface area contributed by atoms with Crippen molar-refractivity contribution >= 4 is 75.6 Å². The maximum Gasteiger partial charge on any atom is 0.408 e. The van der Waals surface area contributed by atoms with Crippen molar-refractivity contribution in [2.75, 3.05) is 23.9 Å². The summed E-state index contributed by atoms with van der Waals surface area (Å²) in [6.45, 7) is 5.17. The highest BCUT2D eigenvalue weighted by Crippen LogP contribution is 2.44. The van der Waals surface area contributed by atoms with Crippen LogP contribution in [-0.4, -0.2) is 87.1 Å². The molecular formula is C68H62N6O9S3. The number of carbonyl (C=O) groups is 5. The number of nitrogens with zero attached hydrogens (tertiary/aromatic N) is 3. The number of thiazole rings is 1. The third-order valence-corrected chi connectivity index (χ3v) is 16.9. The van der Waals surface area contributed by atoms with E-state index in [1.807, 2.05) is 176 Å². The zero-order chi connectivity index (χ0) is 60.0. The van der Waals surface area contributed by atoms with Crippen LogP contribution in [0.25, 0.3) is 0 Å². The summed E-state index contributed by atoms with van der Waals surface area (Å²) >= 11 is 3.80. The molecule has 0 aliphatic carbocycles. The Balaban J connectivity index is 0.918. The Morgan fingerprint density at radius 3 is 1.62 bits per heavy atom. The van der Waals surface area contributed by atoms with Gasteiger partial charge in [-0.15, -0.1) is 34.9 Å². The van der Waals surface area contributed by atoms with Gasteiger partial charge in [-0.3, -0.25) is 14.5 Å². The number of fused-ring (bicyclic) bond motifs is 1. The number of allylic oxidation sites excluding steroid dienone is 1. The van der Waals surface area contributed by atoms with E-state index in [2.05, 4.69) is 57.5 Å². The summed E-state index contributed by atoms with van der Waals surface area (Å²) in [7, 11) is 1.32. The number of alkyl carbamates (subject to hydrolysis) is 1. The lowest BCUT2D eigenvalue weighted by molar-refractivity contribution is -0.154. The zero-order valence-corrected chi connectivity index (χ0v) is 49.9. The molecule has 1 aromatic heterocycles. The van der Waals surface area contributed by atoms with Gasteiger partial charge >= 0.3 is 18.0 Å². The molecule has 0 saturated carbocycles. The van der Waals surface area contributed by atoms with E-state index in [1.165, 1.54) is 46.9 Å². The first-order valence-electron chi connectivity index (χ1n) is 27.7. The van der Waals surface area contributed by atoms with E-state index in [0.29, 0.717) is 21.8 Å². The van der Waals surface area contributed by atoms with Crippen LogP contribution in [0.4, 0.5) is 9.93 Å². The second-order valence-electron chi connectivity index (χ2n) is 20.9. The second kappa shape index (κ2) is 27.7. The first-order valence-corrected chi connectivity index (χ1v) is 30.7. The number of carbonyl (C=O) groups excluding carboxylic acids is 5. The molecule has 1 saturated heterocycles. The molecule has 0 radical (unpaired) electrons. The van der Waals surface area contributed by atoms with Gasteiger partial charge in [-0.05, 0) is 76.8 Å². The van der Waals surface area contributed by atoms with Crippen molar-refractivity contribution in [3.63, 3.8) is 0 Å². The largest absolute Gasteiger partial charge is 0.451 e. The summed E-state index contributed by atoms with van der Waals surface area (Å²) in [5, 5.41) is 16.6. The van der Waals surface area contributed by atoms with Crippen molar-refractivity contribution in [2.45, 2.75) is 61.6 Å². The van der Waals surface area contributed by atoms with Crippen molar-refractivity contribution in [2.24, 2.45) is 5.16 Å². The summed E-state index contributed by atoms with van der Waals surface area (Å²) in [6, 6.07) is 65.0. The van der Waals surface area contributed by atoms with Crippen molar-refractivity contribution in [3.05, 3.63) is 285 Å². The lowest BCUT2D eigenvalue weighted by atomic mass is 9.77.